The number of alkyl halides is 1. The van der Waals surface area contributed by atoms with E-state index in [9.17, 15) is 9.30 Å². The van der Waals surface area contributed by atoms with Crippen LogP contribution in [0.1, 0.15) is 105 Å². The van der Waals surface area contributed by atoms with Gasteiger partial charge in [-0.3, -0.25) is 0 Å². The zero-order chi connectivity index (χ0) is 21.7. The molecule has 170 valence electrons. The first-order valence-corrected chi connectivity index (χ1v) is 12.8. The molecule has 0 aliphatic heterocycles. The largest absolute Gasteiger partial charge is 0.245 e. The molecule has 0 aromatic carbocycles. The molecule has 3 fully saturated rings. The Morgan fingerprint density at radius 3 is 2.60 bits per heavy atom. The summed E-state index contributed by atoms with van der Waals surface area (Å²) in [7, 11) is 0. The molecule has 0 aromatic heterocycles. The maximum atomic E-state index is 13.9. The smallest absolute Gasteiger partial charge is 0.110 e. The van der Waals surface area contributed by atoms with Gasteiger partial charge in [0.2, 0.25) is 0 Å². The van der Waals surface area contributed by atoms with E-state index in [0.717, 1.165) is 42.9 Å². The first kappa shape index (κ1) is 22.5. The van der Waals surface area contributed by atoms with Gasteiger partial charge in [-0.15, -0.1) is 0 Å². The van der Waals surface area contributed by atoms with E-state index < -0.39 is 5.67 Å². The summed E-state index contributed by atoms with van der Waals surface area (Å²) in [4.78, 5) is 11.1. The highest BCUT2D eigenvalue weighted by atomic mass is 19.1. The molecule has 3 heteroatoms. The van der Waals surface area contributed by atoms with E-state index in [1.165, 1.54) is 44.9 Å². The van der Waals surface area contributed by atoms with Crippen molar-refractivity contribution in [2.75, 3.05) is 0 Å². The summed E-state index contributed by atoms with van der Waals surface area (Å²) in [5.41, 5.74) is 1.31. The first-order valence-electron chi connectivity index (χ1n) is 12.8. The molecule has 0 amide bonds. The highest BCUT2D eigenvalue weighted by Crippen LogP contribution is 2.67. The summed E-state index contributed by atoms with van der Waals surface area (Å²) in [6.45, 7) is 11.0. The lowest BCUT2D eigenvalue weighted by atomic mass is 9.46. The Bertz CT molecular complexity index is 681. The van der Waals surface area contributed by atoms with Crippen molar-refractivity contribution in [1.82, 2.24) is 0 Å². The van der Waals surface area contributed by atoms with Gasteiger partial charge >= 0.3 is 0 Å². The lowest BCUT2D eigenvalue weighted by molar-refractivity contribution is -0.0597. The number of rotatable bonds is 6. The Morgan fingerprint density at radius 1 is 1.13 bits per heavy atom. The summed E-state index contributed by atoms with van der Waals surface area (Å²) in [5, 5.41) is 3.36. The molecule has 0 radical (unpaired) electrons. The quantitative estimate of drug-likeness (QED) is 0.316. The third kappa shape index (κ3) is 3.81. The van der Waals surface area contributed by atoms with Crippen LogP contribution in [0.5, 0.6) is 0 Å². The topological polar surface area (TPSA) is 29.4 Å². The van der Waals surface area contributed by atoms with Crippen molar-refractivity contribution in [3.8, 4) is 0 Å². The highest BCUT2D eigenvalue weighted by Gasteiger charge is 2.59. The summed E-state index contributed by atoms with van der Waals surface area (Å²) in [5.74, 6) is 4.04. The van der Waals surface area contributed by atoms with Crippen molar-refractivity contribution in [3.05, 3.63) is 16.6 Å². The van der Waals surface area contributed by atoms with Gasteiger partial charge in [-0.25, -0.2) is 4.39 Å². The Balaban J connectivity index is 1.47. The molecule has 0 spiro atoms. The third-order valence-corrected chi connectivity index (χ3v) is 10.4. The zero-order valence-corrected chi connectivity index (χ0v) is 20.1. The molecule has 0 saturated heterocycles. The summed E-state index contributed by atoms with van der Waals surface area (Å²) in [6, 6.07) is -0.0792. The van der Waals surface area contributed by atoms with E-state index >= 15 is 0 Å². The summed E-state index contributed by atoms with van der Waals surface area (Å²) in [6.07, 6.45) is 15.2. The second kappa shape index (κ2) is 8.00. The van der Waals surface area contributed by atoms with E-state index in [4.69, 9.17) is 0 Å². The first-order chi connectivity index (χ1) is 14.1. The van der Waals surface area contributed by atoms with Gasteiger partial charge in [-0.1, -0.05) is 50.4 Å². The number of nitroso groups, excluding NO2 is 1. The van der Waals surface area contributed by atoms with Crippen LogP contribution in [0.2, 0.25) is 0 Å². The van der Waals surface area contributed by atoms with Crippen molar-refractivity contribution < 1.29 is 4.39 Å². The third-order valence-electron chi connectivity index (χ3n) is 10.4. The van der Waals surface area contributed by atoms with Crippen molar-refractivity contribution in [2.24, 2.45) is 45.6 Å². The van der Waals surface area contributed by atoms with Gasteiger partial charge in [0.05, 0.1) is 0 Å². The molecule has 2 nitrogen and oxygen atoms in total. The molecule has 4 aliphatic carbocycles. The van der Waals surface area contributed by atoms with E-state index in [0.29, 0.717) is 23.2 Å². The van der Waals surface area contributed by atoms with E-state index in [1.807, 2.05) is 0 Å². The fourth-order valence-corrected chi connectivity index (χ4v) is 8.81. The van der Waals surface area contributed by atoms with Crippen LogP contribution in [0.4, 0.5) is 4.39 Å². The molecular formula is C27H44FNO. The van der Waals surface area contributed by atoms with E-state index in [1.54, 1.807) is 19.4 Å². The molecule has 4 aliphatic rings. The molecule has 0 bridgehead atoms. The van der Waals surface area contributed by atoms with Crippen LogP contribution in [0.3, 0.4) is 0 Å². The van der Waals surface area contributed by atoms with Crippen LogP contribution in [-0.2, 0) is 0 Å². The Hall–Kier alpha value is -0.730. The molecule has 4 rings (SSSR count). The monoisotopic (exact) mass is 417 g/mol. The fourth-order valence-electron chi connectivity index (χ4n) is 8.81. The number of nitrogens with zero attached hydrogens (tertiary/aromatic N) is 1. The maximum Gasteiger partial charge on any atom is 0.110 e. The Kier molecular flexibility index (Phi) is 5.99. The molecule has 3 saturated carbocycles. The van der Waals surface area contributed by atoms with E-state index in [-0.39, 0.29) is 6.04 Å². The standard InChI is InChI=1S/C27H44FNO/c1-18(7-6-14-25(2,3)28)22-10-11-23-21-9-8-19-17-20(29-30)12-15-26(19,4)24(21)13-16-27(22,23)5/h17-18,20-24H,6-16H2,1-5H3/t18-,20?,21+,22-,23+,24+,26+,27-/m1/s1. The van der Waals surface area contributed by atoms with Crippen LogP contribution in [-0.4, -0.2) is 11.7 Å². The number of halogens is 1. The molecule has 0 heterocycles. The number of hydrogen-bond donors (Lipinski definition) is 0. The van der Waals surface area contributed by atoms with Crippen LogP contribution in [0, 0.1) is 45.3 Å². The highest BCUT2D eigenvalue weighted by molar-refractivity contribution is 5.26. The zero-order valence-electron chi connectivity index (χ0n) is 20.1. The van der Waals surface area contributed by atoms with Gasteiger partial charge in [-0.05, 0) is 112 Å². The van der Waals surface area contributed by atoms with Crippen molar-refractivity contribution in [2.45, 2.75) is 117 Å². The lowest BCUT2D eigenvalue weighted by Crippen LogP contribution is -2.51. The molecule has 0 aromatic rings. The predicted octanol–water partition coefficient (Wildman–Crippen LogP) is 8.25. The molecule has 30 heavy (non-hydrogen) atoms. The van der Waals surface area contributed by atoms with Gasteiger partial charge < -0.3 is 0 Å². The number of hydrogen-bond acceptors (Lipinski definition) is 2. The van der Waals surface area contributed by atoms with E-state index in [2.05, 4.69) is 32.0 Å². The maximum absolute atomic E-state index is 13.9. The average molecular weight is 418 g/mol. The fraction of sp³-hybridized carbons (Fsp3) is 0.926. The second-order valence-electron chi connectivity index (χ2n) is 12.6. The molecule has 8 atom stereocenters. The van der Waals surface area contributed by atoms with Gasteiger partial charge in [0.25, 0.3) is 0 Å². The number of allylic oxidation sites excluding steroid dienone is 1. The van der Waals surface area contributed by atoms with Gasteiger partial charge in [-0.2, -0.15) is 4.91 Å². The van der Waals surface area contributed by atoms with Crippen LogP contribution >= 0.6 is 0 Å². The van der Waals surface area contributed by atoms with Crippen molar-refractivity contribution in [1.29, 1.82) is 0 Å². The van der Waals surface area contributed by atoms with Gasteiger partial charge in [0.15, 0.2) is 0 Å². The van der Waals surface area contributed by atoms with Gasteiger partial charge in [0, 0.05) is 0 Å². The minimum atomic E-state index is -1.03. The lowest BCUT2D eigenvalue weighted by Gasteiger charge is -2.59. The number of fused-ring (bicyclic) bond motifs is 5. The van der Waals surface area contributed by atoms with Crippen molar-refractivity contribution in [3.63, 3.8) is 0 Å². The second-order valence-corrected chi connectivity index (χ2v) is 12.6. The normalized spacial score (nSPS) is 44.5. The van der Waals surface area contributed by atoms with Gasteiger partial charge in [0.1, 0.15) is 11.7 Å². The SMILES string of the molecule is C[C@H](CCCC(C)(C)F)[C@H]1CC[C@H]2[C@@H]3CCC4=CC(N=O)CC[C@]4(C)[C@H]3CC[C@]12C. The molecule has 0 N–H and O–H groups in total. The molecular weight excluding hydrogens is 373 g/mol. The van der Waals surface area contributed by atoms with Crippen LogP contribution < -0.4 is 0 Å². The molecule has 1 unspecified atom stereocenters. The van der Waals surface area contributed by atoms with Crippen LogP contribution in [0.25, 0.3) is 0 Å². The summed E-state index contributed by atoms with van der Waals surface area (Å²) >= 11 is 0. The predicted molar refractivity (Wildman–Crippen MR) is 123 cm³/mol. The minimum Gasteiger partial charge on any atom is -0.245 e. The summed E-state index contributed by atoms with van der Waals surface area (Å²) < 4.78 is 13.9. The van der Waals surface area contributed by atoms with Crippen LogP contribution in [0.15, 0.2) is 16.8 Å². The Labute approximate surface area is 183 Å². The average Bonchev–Trinajstić information content (AvgIpc) is 3.03. The van der Waals surface area contributed by atoms with Crippen molar-refractivity contribution >= 4 is 0 Å². The minimum absolute atomic E-state index is 0.0792. The Morgan fingerprint density at radius 2 is 1.90 bits per heavy atom.